The first-order valence-corrected chi connectivity index (χ1v) is 7.64. The Morgan fingerprint density at radius 1 is 1.19 bits per heavy atom. The molecule has 0 saturated heterocycles. The molecule has 2 amide bonds. The van der Waals surface area contributed by atoms with Crippen LogP contribution in [0.2, 0.25) is 0 Å². The number of alkyl halides is 3. The van der Waals surface area contributed by atoms with E-state index in [4.69, 9.17) is 0 Å². The monoisotopic (exact) mass is 385 g/mol. The van der Waals surface area contributed by atoms with Gasteiger partial charge in [0, 0.05) is 31.4 Å². The van der Waals surface area contributed by atoms with Crippen molar-refractivity contribution in [2.24, 2.45) is 0 Å². The Morgan fingerprint density at radius 2 is 1.93 bits per heavy atom. The van der Waals surface area contributed by atoms with Crippen LogP contribution in [0.5, 0.6) is 5.88 Å². The topological polar surface area (TPSA) is 80.3 Å². The Hall–Kier alpha value is -3.17. The number of carbonyl (C=O) groups is 2. The number of benzene rings is 1. The van der Waals surface area contributed by atoms with Crippen molar-refractivity contribution in [3.63, 3.8) is 0 Å². The fraction of sp³-hybridized carbons (Fsp3) is 0.235. The number of carbonyl (C=O) groups excluding carboxylic acids is 2. The number of ether oxygens (including phenoxy) is 1. The molecule has 0 aliphatic heterocycles. The summed E-state index contributed by atoms with van der Waals surface area (Å²) in [5, 5.41) is 4.87. The first kappa shape index (κ1) is 20.1. The van der Waals surface area contributed by atoms with Crippen LogP contribution in [0, 0.1) is 5.82 Å². The van der Waals surface area contributed by atoms with E-state index in [2.05, 4.69) is 20.4 Å². The van der Waals surface area contributed by atoms with Crippen LogP contribution < -0.4 is 15.4 Å². The van der Waals surface area contributed by atoms with Gasteiger partial charge < -0.3 is 15.4 Å². The molecule has 0 bridgehead atoms. The number of hydrogen-bond acceptors (Lipinski definition) is 4. The molecular weight excluding hydrogens is 370 g/mol. The zero-order valence-corrected chi connectivity index (χ0v) is 14.1. The molecule has 2 N–H and O–H groups in total. The largest absolute Gasteiger partial charge is 0.468 e. The third-order valence-corrected chi connectivity index (χ3v) is 3.17. The number of pyridine rings is 1. The van der Waals surface area contributed by atoms with Gasteiger partial charge >= 0.3 is 6.18 Å². The van der Waals surface area contributed by atoms with Gasteiger partial charge in [0.2, 0.25) is 11.8 Å². The molecule has 2 aromatic rings. The fourth-order valence-corrected chi connectivity index (χ4v) is 2.05. The first-order chi connectivity index (χ1) is 12.6. The average molecular weight is 385 g/mol. The van der Waals surface area contributed by atoms with Crippen LogP contribution in [0.1, 0.15) is 22.8 Å². The molecule has 0 unspecified atom stereocenters. The highest BCUT2D eigenvalue weighted by atomic mass is 19.4. The number of amides is 2. The maximum atomic E-state index is 13.8. The standard InChI is InChI=1S/C17H15F4N3O3/c1-10(25)24-12-2-3-14(18)13(7-12)16(26)23-8-11-4-5-22-15(6-11)27-9-17(19,20)21/h2-7H,8-9H2,1H3,(H,23,26)(H,24,25). The number of rotatable bonds is 6. The van der Waals surface area contributed by atoms with Gasteiger partial charge in [0.05, 0.1) is 5.56 Å². The number of hydrogen-bond donors (Lipinski definition) is 2. The van der Waals surface area contributed by atoms with Gasteiger partial charge in [0.25, 0.3) is 5.91 Å². The van der Waals surface area contributed by atoms with E-state index in [1.165, 1.54) is 37.4 Å². The van der Waals surface area contributed by atoms with Crippen LogP contribution in [0.4, 0.5) is 23.2 Å². The predicted molar refractivity (Wildman–Crippen MR) is 87.7 cm³/mol. The van der Waals surface area contributed by atoms with E-state index in [0.717, 1.165) is 6.07 Å². The lowest BCUT2D eigenvalue weighted by molar-refractivity contribution is -0.154. The van der Waals surface area contributed by atoms with Crippen LogP contribution in [-0.4, -0.2) is 29.6 Å². The van der Waals surface area contributed by atoms with Crippen molar-refractivity contribution in [2.75, 3.05) is 11.9 Å². The van der Waals surface area contributed by atoms with Crippen molar-refractivity contribution >= 4 is 17.5 Å². The SMILES string of the molecule is CC(=O)Nc1ccc(F)c(C(=O)NCc2ccnc(OCC(F)(F)F)c2)c1. The second-order valence-electron chi connectivity index (χ2n) is 5.46. The van der Waals surface area contributed by atoms with Crippen molar-refractivity contribution in [1.82, 2.24) is 10.3 Å². The number of halogens is 4. The Balaban J connectivity index is 2.02. The summed E-state index contributed by atoms with van der Waals surface area (Å²) < 4.78 is 54.9. The molecule has 27 heavy (non-hydrogen) atoms. The molecule has 0 fully saturated rings. The summed E-state index contributed by atoms with van der Waals surface area (Å²) in [6.45, 7) is -0.310. The molecule has 1 aromatic carbocycles. The lowest BCUT2D eigenvalue weighted by Crippen LogP contribution is -2.24. The second-order valence-corrected chi connectivity index (χ2v) is 5.46. The van der Waals surface area contributed by atoms with Gasteiger partial charge in [-0.15, -0.1) is 0 Å². The predicted octanol–water partition coefficient (Wildman–Crippen LogP) is 3.05. The van der Waals surface area contributed by atoms with Crippen molar-refractivity contribution in [2.45, 2.75) is 19.6 Å². The van der Waals surface area contributed by atoms with Crippen molar-refractivity contribution in [3.8, 4) is 5.88 Å². The molecule has 10 heteroatoms. The van der Waals surface area contributed by atoms with Gasteiger partial charge in [-0.25, -0.2) is 9.37 Å². The van der Waals surface area contributed by atoms with Gasteiger partial charge in [-0.2, -0.15) is 13.2 Å². The number of anilines is 1. The van der Waals surface area contributed by atoms with E-state index in [0.29, 0.717) is 5.56 Å². The Morgan fingerprint density at radius 3 is 2.59 bits per heavy atom. The maximum Gasteiger partial charge on any atom is 0.422 e. The molecular formula is C17H15F4N3O3. The third-order valence-electron chi connectivity index (χ3n) is 3.17. The Kier molecular flexibility index (Phi) is 6.32. The second kappa shape index (κ2) is 8.47. The molecule has 0 saturated carbocycles. The molecule has 0 aliphatic rings. The smallest absolute Gasteiger partial charge is 0.422 e. The molecule has 1 heterocycles. The summed E-state index contributed by atoms with van der Waals surface area (Å²) in [4.78, 5) is 26.8. The lowest BCUT2D eigenvalue weighted by atomic mass is 10.1. The molecule has 144 valence electrons. The van der Waals surface area contributed by atoms with Gasteiger partial charge in [-0.3, -0.25) is 9.59 Å². The minimum Gasteiger partial charge on any atom is -0.468 e. The van der Waals surface area contributed by atoms with Crippen LogP contribution in [-0.2, 0) is 11.3 Å². The van der Waals surface area contributed by atoms with Crippen LogP contribution >= 0.6 is 0 Å². The van der Waals surface area contributed by atoms with E-state index in [1.54, 1.807) is 0 Å². The van der Waals surface area contributed by atoms with Gasteiger partial charge in [0.1, 0.15) is 5.82 Å². The van der Waals surface area contributed by atoms with E-state index in [9.17, 15) is 27.2 Å². The molecule has 0 spiro atoms. The van der Waals surface area contributed by atoms with Crippen LogP contribution in [0.3, 0.4) is 0 Å². The quantitative estimate of drug-likeness (QED) is 0.749. The first-order valence-electron chi connectivity index (χ1n) is 7.64. The normalized spacial score (nSPS) is 11.0. The number of nitrogens with one attached hydrogen (secondary N) is 2. The summed E-state index contributed by atoms with van der Waals surface area (Å²) >= 11 is 0. The minimum atomic E-state index is -4.50. The minimum absolute atomic E-state index is 0.0897. The highest BCUT2D eigenvalue weighted by Crippen LogP contribution is 2.18. The molecule has 6 nitrogen and oxygen atoms in total. The molecule has 0 atom stereocenters. The number of nitrogens with zero attached hydrogens (tertiary/aromatic N) is 1. The third kappa shape index (κ3) is 6.57. The van der Waals surface area contributed by atoms with Crippen molar-refractivity contribution in [3.05, 3.63) is 53.5 Å². The molecule has 1 aromatic heterocycles. The molecule has 0 radical (unpaired) electrons. The van der Waals surface area contributed by atoms with Crippen LogP contribution in [0.15, 0.2) is 36.5 Å². The van der Waals surface area contributed by atoms with Crippen molar-refractivity contribution < 1.29 is 31.9 Å². The highest BCUT2D eigenvalue weighted by Gasteiger charge is 2.28. The van der Waals surface area contributed by atoms with E-state index in [1.807, 2.05) is 0 Å². The number of aromatic nitrogens is 1. The fourth-order valence-electron chi connectivity index (χ4n) is 2.05. The summed E-state index contributed by atoms with van der Waals surface area (Å²) in [6, 6.07) is 6.22. The lowest BCUT2D eigenvalue weighted by Gasteiger charge is -2.11. The van der Waals surface area contributed by atoms with Gasteiger partial charge in [0.15, 0.2) is 6.61 Å². The zero-order valence-electron chi connectivity index (χ0n) is 14.1. The molecule has 0 aliphatic carbocycles. The van der Waals surface area contributed by atoms with Gasteiger partial charge in [-0.1, -0.05) is 0 Å². The Bertz CT molecular complexity index is 840. The zero-order chi connectivity index (χ0) is 20.0. The van der Waals surface area contributed by atoms with E-state index in [-0.39, 0.29) is 29.6 Å². The maximum absolute atomic E-state index is 13.8. The van der Waals surface area contributed by atoms with E-state index >= 15 is 0 Å². The summed E-state index contributed by atoms with van der Waals surface area (Å²) in [5.74, 6) is -2.17. The summed E-state index contributed by atoms with van der Waals surface area (Å²) in [5.41, 5.74) is 0.374. The summed E-state index contributed by atoms with van der Waals surface area (Å²) in [7, 11) is 0. The highest BCUT2D eigenvalue weighted by molar-refractivity contribution is 5.97. The Labute approximate surface area is 151 Å². The van der Waals surface area contributed by atoms with E-state index < -0.39 is 24.5 Å². The van der Waals surface area contributed by atoms with Gasteiger partial charge in [-0.05, 0) is 29.8 Å². The van der Waals surface area contributed by atoms with Crippen molar-refractivity contribution in [1.29, 1.82) is 0 Å². The average Bonchev–Trinajstić information content (AvgIpc) is 2.59. The summed E-state index contributed by atoms with van der Waals surface area (Å²) in [6.07, 6.45) is -3.27. The van der Waals surface area contributed by atoms with Crippen LogP contribution in [0.25, 0.3) is 0 Å². The molecule has 2 rings (SSSR count).